The fourth-order valence-electron chi connectivity index (χ4n) is 6.49. The van der Waals surface area contributed by atoms with Crippen LogP contribution in [0.1, 0.15) is 114 Å². The average molecular weight is 428 g/mol. The molecule has 0 N–H and O–H groups in total. The summed E-state index contributed by atoms with van der Waals surface area (Å²) in [6.45, 7) is 4.52. The Hall–Kier alpha value is -2.07. The molecule has 32 heavy (non-hydrogen) atoms. The molecule has 0 radical (unpaired) electrons. The lowest BCUT2D eigenvalue weighted by Crippen LogP contribution is -2.25. The number of nitrogens with zero attached hydrogens (tertiary/aromatic N) is 1. The summed E-state index contributed by atoms with van der Waals surface area (Å²) in [4.78, 5) is 0. The predicted molar refractivity (Wildman–Crippen MR) is 136 cm³/mol. The molecule has 0 amide bonds. The van der Waals surface area contributed by atoms with E-state index in [1.54, 1.807) is 0 Å². The maximum absolute atomic E-state index is 9.68. The third-order valence-corrected chi connectivity index (χ3v) is 8.55. The highest BCUT2D eigenvalue weighted by Gasteiger charge is 2.35. The van der Waals surface area contributed by atoms with E-state index in [-0.39, 0.29) is 5.41 Å². The fourth-order valence-corrected chi connectivity index (χ4v) is 6.49. The summed E-state index contributed by atoms with van der Waals surface area (Å²) in [6.07, 6.45) is 14.9. The first-order valence-electron chi connectivity index (χ1n) is 13.3. The van der Waals surface area contributed by atoms with Gasteiger partial charge < -0.3 is 0 Å². The summed E-state index contributed by atoms with van der Waals surface area (Å²) in [5.74, 6) is 2.35. The number of rotatable bonds is 7. The Morgan fingerprint density at radius 1 is 0.719 bits per heavy atom. The van der Waals surface area contributed by atoms with Crippen LogP contribution in [0.2, 0.25) is 0 Å². The van der Waals surface area contributed by atoms with E-state index in [1.165, 1.54) is 60.8 Å². The van der Waals surface area contributed by atoms with Gasteiger partial charge in [0.15, 0.2) is 0 Å². The lowest BCUT2D eigenvalue weighted by molar-refractivity contribution is 0.228. The van der Waals surface area contributed by atoms with Gasteiger partial charge in [-0.05, 0) is 97.8 Å². The van der Waals surface area contributed by atoms with Crippen LogP contribution in [0.4, 0.5) is 0 Å². The van der Waals surface area contributed by atoms with Gasteiger partial charge >= 0.3 is 0 Å². The Kier molecular flexibility index (Phi) is 7.72. The second-order valence-electron chi connectivity index (χ2n) is 10.7. The van der Waals surface area contributed by atoms with E-state index in [9.17, 15) is 5.26 Å². The van der Waals surface area contributed by atoms with E-state index in [0.717, 1.165) is 50.4 Å². The standard InChI is InChI=1S/C31H41N/c1-3-5-24-6-8-25(9-7-24)26-10-12-27(13-11-26)28-14-16-29(17-15-28)30-18-21-31(23-32,20-4-2)22-19-30/h10-17,24-25,30H,3-9,18-22H2,1-2H3. The molecule has 2 aromatic carbocycles. The monoisotopic (exact) mass is 427 g/mol. The van der Waals surface area contributed by atoms with Crippen LogP contribution in [-0.4, -0.2) is 0 Å². The summed E-state index contributed by atoms with van der Waals surface area (Å²) >= 11 is 0. The van der Waals surface area contributed by atoms with Crippen molar-refractivity contribution >= 4 is 0 Å². The van der Waals surface area contributed by atoms with Crippen molar-refractivity contribution in [3.63, 3.8) is 0 Å². The summed E-state index contributed by atoms with van der Waals surface area (Å²) in [7, 11) is 0. The Labute approximate surface area is 196 Å². The van der Waals surface area contributed by atoms with Gasteiger partial charge in [-0.25, -0.2) is 0 Å². The molecule has 2 aromatic rings. The predicted octanol–water partition coefficient (Wildman–Crippen LogP) is 9.40. The van der Waals surface area contributed by atoms with Crippen molar-refractivity contribution in [3.05, 3.63) is 59.7 Å². The second kappa shape index (κ2) is 10.7. The van der Waals surface area contributed by atoms with Gasteiger partial charge in [0.25, 0.3) is 0 Å². The van der Waals surface area contributed by atoms with E-state index in [4.69, 9.17) is 0 Å². The third kappa shape index (κ3) is 5.28. The molecule has 0 aromatic heterocycles. The number of hydrogen-bond donors (Lipinski definition) is 0. The van der Waals surface area contributed by atoms with Crippen LogP contribution < -0.4 is 0 Å². The van der Waals surface area contributed by atoms with E-state index in [2.05, 4.69) is 68.4 Å². The second-order valence-corrected chi connectivity index (χ2v) is 10.7. The molecule has 2 aliphatic rings. The van der Waals surface area contributed by atoms with Crippen molar-refractivity contribution in [1.82, 2.24) is 0 Å². The summed E-state index contributed by atoms with van der Waals surface area (Å²) in [5, 5.41) is 9.68. The molecule has 0 aliphatic heterocycles. The first kappa shape index (κ1) is 23.1. The summed E-state index contributed by atoms with van der Waals surface area (Å²) in [6, 6.07) is 21.4. The molecule has 1 nitrogen and oxygen atoms in total. The summed E-state index contributed by atoms with van der Waals surface area (Å²) < 4.78 is 0. The largest absolute Gasteiger partial charge is 0.198 e. The third-order valence-electron chi connectivity index (χ3n) is 8.55. The summed E-state index contributed by atoms with van der Waals surface area (Å²) in [5.41, 5.74) is 5.59. The van der Waals surface area contributed by atoms with Crippen molar-refractivity contribution < 1.29 is 0 Å². The van der Waals surface area contributed by atoms with E-state index in [1.807, 2.05) is 0 Å². The van der Waals surface area contributed by atoms with Crippen molar-refractivity contribution in [2.24, 2.45) is 11.3 Å². The Bertz CT molecular complexity index is 870. The maximum Gasteiger partial charge on any atom is 0.0689 e. The van der Waals surface area contributed by atoms with Crippen LogP contribution in [-0.2, 0) is 0 Å². The van der Waals surface area contributed by atoms with Gasteiger partial charge in [0.05, 0.1) is 11.5 Å². The van der Waals surface area contributed by atoms with Crippen molar-refractivity contribution in [2.45, 2.75) is 103 Å². The molecule has 0 saturated heterocycles. The Balaban J connectivity index is 1.35. The van der Waals surface area contributed by atoms with Crippen LogP contribution in [0.15, 0.2) is 48.5 Å². The molecule has 2 fully saturated rings. The lowest BCUT2D eigenvalue weighted by Gasteiger charge is -2.35. The molecule has 0 heterocycles. The highest BCUT2D eigenvalue weighted by Crippen LogP contribution is 2.45. The molecule has 0 atom stereocenters. The molecule has 1 heteroatoms. The van der Waals surface area contributed by atoms with Crippen molar-refractivity contribution in [3.8, 4) is 17.2 Å². The minimum Gasteiger partial charge on any atom is -0.198 e. The van der Waals surface area contributed by atoms with Gasteiger partial charge in [-0.3, -0.25) is 0 Å². The lowest BCUT2D eigenvalue weighted by atomic mass is 9.68. The average Bonchev–Trinajstić information content (AvgIpc) is 2.86. The first-order valence-corrected chi connectivity index (χ1v) is 13.3. The SMILES string of the molecule is CCCC1CCC(c2ccc(-c3ccc(C4CCC(C#N)(CCC)CC4)cc3)cc2)CC1. The number of hydrogen-bond acceptors (Lipinski definition) is 1. The Morgan fingerprint density at radius 3 is 1.66 bits per heavy atom. The van der Waals surface area contributed by atoms with Crippen LogP contribution in [0.3, 0.4) is 0 Å². The zero-order valence-electron chi connectivity index (χ0n) is 20.3. The highest BCUT2D eigenvalue weighted by molar-refractivity contribution is 5.64. The molecule has 0 unspecified atom stereocenters. The van der Waals surface area contributed by atoms with Gasteiger partial charge in [-0.15, -0.1) is 0 Å². The first-order chi connectivity index (χ1) is 15.7. The zero-order chi connectivity index (χ0) is 22.4. The molecule has 0 spiro atoms. The Morgan fingerprint density at radius 2 is 1.22 bits per heavy atom. The molecular weight excluding hydrogens is 386 g/mol. The van der Waals surface area contributed by atoms with Crippen LogP contribution in [0.5, 0.6) is 0 Å². The van der Waals surface area contributed by atoms with E-state index >= 15 is 0 Å². The smallest absolute Gasteiger partial charge is 0.0689 e. The van der Waals surface area contributed by atoms with Crippen LogP contribution >= 0.6 is 0 Å². The molecule has 0 bridgehead atoms. The van der Waals surface area contributed by atoms with E-state index < -0.39 is 0 Å². The molecule has 2 saturated carbocycles. The minimum atomic E-state index is -0.0534. The van der Waals surface area contributed by atoms with Gasteiger partial charge in [-0.2, -0.15) is 5.26 Å². The van der Waals surface area contributed by atoms with Crippen molar-refractivity contribution in [1.29, 1.82) is 5.26 Å². The highest BCUT2D eigenvalue weighted by atomic mass is 14.4. The normalized spacial score (nSPS) is 28.2. The van der Waals surface area contributed by atoms with Crippen LogP contribution in [0, 0.1) is 22.7 Å². The van der Waals surface area contributed by atoms with Gasteiger partial charge in [0.1, 0.15) is 0 Å². The molecule has 2 aliphatic carbocycles. The topological polar surface area (TPSA) is 23.8 Å². The molecule has 170 valence electrons. The van der Waals surface area contributed by atoms with Gasteiger partial charge in [-0.1, -0.05) is 81.6 Å². The zero-order valence-corrected chi connectivity index (χ0v) is 20.3. The number of nitriles is 1. The van der Waals surface area contributed by atoms with E-state index in [0.29, 0.717) is 5.92 Å². The fraction of sp³-hybridized carbons (Fsp3) is 0.581. The number of benzene rings is 2. The van der Waals surface area contributed by atoms with Gasteiger partial charge in [0, 0.05) is 0 Å². The van der Waals surface area contributed by atoms with Crippen LogP contribution in [0.25, 0.3) is 11.1 Å². The van der Waals surface area contributed by atoms with Crippen molar-refractivity contribution in [2.75, 3.05) is 0 Å². The molecule has 4 rings (SSSR count). The quantitative estimate of drug-likeness (QED) is 0.431. The van der Waals surface area contributed by atoms with Gasteiger partial charge in [0.2, 0.25) is 0 Å². The molecular formula is C31H41N. The minimum absolute atomic E-state index is 0.0534. The maximum atomic E-state index is 9.68.